The Hall–Kier alpha value is -9.15. The summed E-state index contributed by atoms with van der Waals surface area (Å²) in [4.78, 5) is 0. The maximum absolute atomic E-state index is 11.1. The second-order valence-corrected chi connectivity index (χ2v) is 16.2. The first-order valence-corrected chi connectivity index (χ1v) is 20.9. The van der Waals surface area contributed by atoms with Crippen molar-refractivity contribution in [1.82, 2.24) is 13.7 Å². The molecule has 0 fully saturated rings. The number of nitriles is 3. The van der Waals surface area contributed by atoms with Crippen LogP contribution in [0.15, 0.2) is 182 Å². The highest BCUT2D eigenvalue weighted by molar-refractivity contribution is 6.27. The molecule has 13 aromatic rings. The van der Waals surface area contributed by atoms with Gasteiger partial charge in [-0.25, -0.2) is 0 Å². The van der Waals surface area contributed by atoms with Gasteiger partial charge in [0, 0.05) is 32.3 Å². The molecule has 0 atom stereocenters. The Balaban J connectivity index is 1.22. The molecule has 0 saturated carbocycles. The predicted octanol–water partition coefficient (Wildman–Crippen LogP) is 14.1. The molecule has 0 aliphatic heterocycles. The maximum atomic E-state index is 11.1. The second-order valence-electron chi connectivity index (χ2n) is 16.2. The molecule has 0 bridgehead atoms. The van der Waals surface area contributed by atoms with Crippen LogP contribution >= 0.6 is 0 Å². The van der Waals surface area contributed by atoms with Crippen LogP contribution in [0.2, 0.25) is 0 Å². The highest BCUT2D eigenvalue weighted by Crippen LogP contribution is 2.44. The van der Waals surface area contributed by atoms with Crippen LogP contribution in [0.1, 0.15) is 16.7 Å². The van der Waals surface area contributed by atoms with Crippen LogP contribution in [-0.4, -0.2) is 13.7 Å². The van der Waals surface area contributed by atoms with E-state index < -0.39 is 0 Å². The third kappa shape index (κ3) is 4.68. The van der Waals surface area contributed by atoms with Gasteiger partial charge in [0.1, 0.15) is 18.2 Å². The third-order valence-electron chi connectivity index (χ3n) is 13.1. The molecule has 0 spiro atoms. The van der Waals surface area contributed by atoms with Crippen LogP contribution in [-0.2, 0) is 0 Å². The molecule has 6 nitrogen and oxygen atoms in total. The third-order valence-corrected chi connectivity index (χ3v) is 13.1. The first-order chi connectivity index (χ1) is 31.1. The Morgan fingerprint density at radius 3 is 0.635 bits per heavy atom. The first-order valence-electron chi connectivity index (χ1n) is 20.9. The van der Waals surface area contributed by atoms with E-state index in [1.54, 1.807) is 0 Å². The lowest BCUT2D eigenvalue weighted by atomic mass is 9.89. The molecule has 0 aliphatic rings. The number of aromatic nitrogens is 3. The van der Waals surface area contributed by atoms with Crippen LogP contribution in [0.3, 0.4) is 0 Å². The molecule has 0 aliphatic carbocycles. The van der Waals surface area contributed by atoms with E-state index in [0.29, 0.717) is 16.7 Å². The minimum Gasteiger partial charge on any atom is -0.308 e. The summed E-state index contributed by atoms with van der Waals surface area (Å²) in [5, 5.41) is 45.1. The van der Waals surface area contributed by atoms with Gasteiger partial charge in [-0.05, 0) is 105 Å². The molecule has 0 saturated heterocycles. The summed E-state index contributed by atoms with van der Waals surface area (Å²) in [6.07, 6.45) is 0. The summed E-state index contributed by atoms with van der Waals surface area (Å²) in [6.45, 7) is 0. The van der Waals surface area contributed by atoms with Crippen LogP contribution in [0.25, 0.3) is 115 Å². The summed E-state index contributed by atoms with van der Waals surface area (Å²) in [6, 6.07) is 70.0. The topological polar surface area (TPSA) is 86.2 Å². The molecule has 0 N–H and O–H groups in total. The SMILES string of the molecule is N#Cc1cc2c(cc1-n1c3ccccc3c3ccccc31)c1cc(C#N)c(-n3c4ccccc4c4ccccc43)cc1c1cc(C#N)c(-n3c4ccccc4c4ccccc43)cc21. The van der Waals surface area contributed by atoms with Gasteiger partial charge >= 0.3 is 0 Å². The molecular weight excluding hydrogens is 769 g/mol. The molecular formula is C57H30N6. The summed E-state index contributed by atoms with van der Waals surface area (Å²) in [7, 11) is 0. The molecule has 10 aromatic carbocycles. The Labute approximate surface area is 359 Å². The predicted molar refractivity (Wildman–Crippen MR) is 256 cm³/mol. The molecule has 0 radical (unpaired) electrons. The fourth-order valence-electron chi connectivity index (χ4n) is 10.5. The number of hydrogen-bond acceptors (Lipinski definition) is 3. The van der Waals surface area contributed by atoms with Gasteiger partial charge in [0.25, 0.3) is 0 Å². The maximum Gasteiger partial charge on any atom is 0.101 e. The lowest BCUT2D eigenvalue weighted by Crippen LogP contribution is -2.02. The number of hydrogen-bond donors (Lipinski definition) is 0. The first kappa shape index (κ1) is 34.7. The average Bonchev–Trinajstić information content (AvgIpc) is 3.98. The van der Waals surface area contributed by atoms with Crippen molar-refractivity contribution in [1.29, 1.82) is 15.8 Å². The van der Waals surface area contributed by atoms with Crippen molar-refractivity contribution in [2.75, 3.05) is 0 Å². The smallest absolute Gasteiger partial charge is 0.101 e. The van der Waals surface area contributed by atoms with Crippen molar-refractivity contribution in [3.8, 4) is 35.3 Å². The number of nitrogens with zero attached hydrogens (tertiary/aromatic N) is 6. The zero-order chi connectivity index (χ0) is 41.9. The standard InChI is InChI=1S/C57H30N6/c58-31-34-25-43-46(28-55(34)61-49-19-7-1-13-37(49)38-14-2-8-20-50(38)61)44-26-35(32-59)57(63-53-23-11-5-17-41(53)42-18-6-12-24-54(42)63)30-48(44)45-27-36(33-60)56(29-47(43)45)62-51-21-9-3-15-39(51)40-16-4-10-22-52(40)62/h1-30H. The summed E-state index contributed by atoms with van der Waals surface area (Å²) < 4.78 is 6.58. The van der Waals surface area contributed by atoms with Crippen LogP contribution in [0.4, 0.5) is 0 Å². The monoisotopic (exact) mass is 798 g/mol. The van der Waals surface area contributed by atoms with Crippen molar-refractivity contribution in [2.24, 2.45) is 0 Å². The van der Waals surface area contributed by atoms with E-state index in [-0.39, 0.29) is 0 Å². The lowest BCUT2D eigenvalue weighted by Gasteiger charge is -2.19. The van der Waals surface area contributed by atoms with Crippen molar-refractivity contribution >= 4 is 97.7 Å². The van der Waals surface area contributed by atoms with Crippen LogP contribution in [0.5, 0.6) is 0 Å². The molecule has 3 aromatic heterocycles. The van der Waals surface area contributed by atoms with Gasteiger partial charge in [0.15, 0.2) is 0 Å². The van der Waals surface area contributed by atoms with E-state index in [0.717, 1.165) is 115 Å². The molecule has 3 heterocycles. The second kappa shape index (κ2) is 12.9. The lowest BCUT2D eigenvalue weighted by molar-refractivity contribution is 1.17. The van der Waals surface area contributed by atoms with Gasteiger partial charge in [-0.15, -0.1) is 0 Å². The summed E-state index contributed by atoms with van der Waals surface area (Å²) in [5.74, 6) is 0. The van der Waals surface area contributed by atoms with Gasteiger partial charge < -0.3 is 13.7 Å². The molecule has 13 rings (SSSR count). The Morgan fingerprint density at radius 1 is 0.238 bits per heavy atom. The quantitative estimate of drug-likeness (QED) is 0.167. The van der Waals surface area contributed by atoms with E-state index in [2.05, 4.69) is 123 Å². The van der Waals surface area contributed by atoms with Crippen molar-refractivity contribution in [2.45, 2.75) is 0 Å². The van der Waals surface area contributed by atoms with Crippen molar-refractivity contribution in [3.05, 3.63) is 199 Å². The molecule has 0 unspecified atom stereocenters. The summed E-state index contributed by atoms with van der Waals surface area (Å²) in [5.41, 5.74) is 9.79. The Kier molecular flexibility index (Phi) is 7.12. The summed E-state index contributed by atoms with van der Waals surface area (Å²) >= 11 is 0. The van der Waals surface area contributed by atoms with Gasteiger partial charge in [0.05, 0.1) is 66.9 Å². The largest absolute Gasteiger partial charge is 0.308 e. The zero-order valence-electron chi connectivity index (χ0n) is 33.5. The van der Waals surface area contributed by atoms with E-state index >= 15 is 0 Å². The normalized spacial score (nSPS) is 11.8. The molecule has 63 heavy (non-hydrogen) atoms. The zero-order valence-corrected chi connectivity index (χ0v) is 33.5. The van der Waals surface area contributed by atoms with E-state index in [1.165, 1.54) is 0 Å². The average molecular weight is 799 g/mol. The Bertz CT molecular complexity index is 3680. The van der Waals surface area contributed by atoms with Gasteiger partial charge in [-0.1, -0.05) is 109 Å². The fraction of sp³-hybridized carbons (Fsp3) is 0. The molecule has 288 valence electrons. The minimum atomic E-state index is 0.514. The van der Waals surface area contributed by atoms with Crippen molar-refractivity contribution < 1.29 is 0 Å². The van der Waals surface area contributed by atoms with Crippen LogP contribution in [0, 0.1) is 34.0 Å². The number of benzene rings is 10. The number of para-hydroxylation sites is 6. The highest BCUT2D eigenvalue weighted by atomic mass is 15.0. The van der Waals surface area contributed by atoms with Crippen molar-refractivity contribution in [3.63, 3.8) is 0 Å². The highest BCUT2D eigenvalue weighted by Gasteiger charge is 2.23. The van der Waals surface area contributed by atoms with E-state index in [9.17, 15) is 15.8 Å². The van der Waals surface area contributed by atoms with E-state index in [1.807, 2.05) is 91.0 Å². The minimum absolute atomic E-state index is 0.514. The fourth-order valence-corrected chi connectivity index (χ4v) is 10.5. The van der Waals surface area contributed by atoms with Crippen LogP contribution < -0.4 is 0 Å². The van der Waals surface area contributed by atoms with E-state index in [4.69, 9.17) is 0 Å². The van der Waals surface area contributed by atoms with Gasteiger partial charge in [-0.3, -0.25) is 0 Å². The van der Waals surface area contributed by atoms with Gasteiger partial charge in [-0.2, -0.15) is 15.8 Å². The van der Waals surface area contributed by atoms with Gasteiger partial charge in [0.2, 0.25) is 0 Å². The Morgan fingerprint density at radius 2 is 0.429 bits per heavy atom. The molecule has 0 amide bonds. The number of rotatable bonds is 3. The number of fused-ring (bicyclic) bond motifs is 15. The molecule has 6 heteroatoms.